The molecule has 2 aromatic carbocycles. The van der Waals surface area contributed by atoms with Gasteiger partial charge in [-0.05, 0) is 25.3 Å². The molecule has 2 heterocycles. The van der Waals surface area contributed by atoms with E-state index in [4.69, 9.17) is 18.9 Å². The Bertz CT molecular complexity index is 1100. The number of nitriles is 1. The summed E-state index contributed by atoms with van der Waals surface area (Å²) in [7, 11) is 3.18. The summed E-state index contributed by atoms with van der Waals surface area (Å²) < 4.78 is 24.4. The number of imidazole rings is 1. The summed E-state index contributed by atoms with van der Waals surface area (Å²) in [6.07, 6.45) is 4.96. The van der Waals surface area contributed by atoms with Crippen molar-refractivity contribution in [3.8, 4) is 29.0 Å². The third-order valence-corrected chi connectivity index (χ3v) is 5.67. The Balaban J connectivity index is 1.72. The summed E-state index contributed by atoms with van der Waals surface area (Å²) in [6, 6.07) is 9.51. The van der Waals surface area contributed by atoms with Gasteiger partial charge in [-0.25, -0.2) is 4.98 Å². The van der Waals surface area contributed by atoms with Gasteiger partial charge in [-0.2, -0.15) is 5.26 Å². The second kappa shape index (κ2) is 8.86. The SMILES string of the molecule is COc1cc2ncn(-c3cc(C#N)c(S)c(OCC4CCCCO4)c3)c2cc1OC. The molecule has 0 N–H and O–H groups in total. The first-order valence-corrected chi connectivity index (χ1v) is 10.2. The van der Waals surface area contributed by atoms with Crippen LogP contribution in [-0.4, -0.2) is 43.1 Å². The molecule has 30 heavy (non-hydrogen) atoms. The highest BCUT2D eigenvalue weighted by molar-refractivity contribution is 7.80. The lowest BCUT2D eigenvalue weighted by Crippen LogP contribution is -2.25. The van der Waals surface area contributed by atoms with Crippen LogP contribution in [0.5, 0.6) is 17.2 Å². The molecular weight excluding hydrogens is 402 g/mol. The first-order valence-electron chi connectivity index (χ1n) is 9.75. The van der Waals surface area contributed by atoms with Crippen LogP contribution in [0.4, 0.5) is 0 Å². The van der Waals surface area contributed by atoms with Crippen molar-refractivity contribution in [3.63, 3.8) is 0 Å². The predicted molar refractivity (Wildman–Crippen MR) is 115 cm³/mol. The maximum Gasteiger partial charge on any atom is 0.163 e. The molecule has 1 aliphatic heterocycles. The molecule has 7 nitrogen and oxygen atoms in total. The van der Waals surface area contributed by atoms with Crippen molar-refractivity contribution in [2.45, 2.75) is 30.3 Å². The minimum Gasteiger partial charge on any atom is -0.493 e. The van der Waals surface area contributed by atoms with Gasteiger partial charge in [0.15, 0.2) is 11.5 Å². The molecule has 1 saturated heterocycles. The fraction of sp³-hybridized carbons (Fsp3) is 0.364. The Morgan fingerprint density at radius 3 is 2.67 bits per heavy atom. The minimum atomic E-state index is 0.0616. The van der Waals surface area contributed by atoms with Gasteiger partial charge in [-0.1, -0.05) is 0 Å². The van der Waals surface area contributed by atoms with E-state index in [0.717, 1.165) is 42.6 Å². The summed E-state index contributed by atoms with van der Waals surface area (Å²) in [6.45, 7) is 1.19. The number of rotatable bonds is 6. The molecule has 3 aromatic rings. The van der Waals surface area contributed by atoms with Crippen LogP contribution in [0, 0.1) is 11.3 Å². The molecule has 4 rings (SSSR count). The normalized spacial score (nSPS) is 16.3. The summed E-state index contributed by atoms with van der Waals surface area (Å²) in [4.78, 5) is 4.99. The standard InChI is InChI=1S/C22H23N3O4S/c1-26-19-9-17-18(10-20(19)27-2)25(13-24-17)15-7-14(11-23)22(30)21(8-15)29-12-16-5-3-4-6-28-16/h7-10,13,16,30H,3-6,12H2,1-2H3. The molecule has 1 aliphatic rings. The van der Waals surface area contributed by atoms with Gasteiger partial charge in [0.05, 0.1) is 47.5 Å². The van der Waals surface area contributed by atoms with E-state index in [1.165, 1.54) is 0 Å². The molecule has 0 bridgehead atoms. The van der Waals surface area contributed by atoms with E-state index in [-0.39, 0.29) is 6.10 Å². The van der Waals surface area contributed by atoms with E-state index in [1.54, 1.807) is 26.6 Å². The van der Waals surface area contributed by atoms with E-state index < -0.39 is 0 Å². The second-order valence-corrected chi connectivity index (χ2v) is 7.51. The molecule has 0 radical (unpaired) electrons. The van der Waals surface area contributed by atoms with Crippen LogP contribution in [0.25, 0.3) is 16.7 Å². The number of hydrogen-bond acceptors (Lipinski definition) is 7. The zero-order valence-electron chi connectivity index (χ0n) is 16.9. The lowest BCUT2D eigenvalue weighted by molar-refractivity contribution is -0.0115. The molecule has 0 saturated carbocycles. The van der Waals surface area contributed by atoms with E-state index in [9.17, 15) is 5.26 Å². The van der Waals surface area contributed by atoms with Gasteiger partial charge in [0.25, 0.3) is 0 Å². The average molecular weight is 426 g/mol. The number of thiol groups is 1. The van der Waals surface area contributed by atoms with Crippen LogP contribution < -0.4 is 14.2 Å². The fourth-order valence-corrected chi connectivity index (χ4v) is 3.83. The van der Waals surface area contributed by atoms with Crippen LogP contribution in [0.15, 0.2) is 35.5 Å². The van der Waals surface area contributed by atoms with E-state index in [1.807, 2.05) is 22.8 Å². The topological polar surface area (TPSA) is 78.5 Å². The number of hydrogen-bond donors (Lipinski definition) is 1. The smallest absolute Gasteiger partial charge is 0.163 e. The number of nitrogens with zero attached hydrogens (tertiary/aromatic N) is 3. The highest BCUT2D eigenvalue weighted by Crippen LogP contribution is 2.35. The Kier molecular flexibility index (Phi) is 6.02. The maximum absolute atomic E-state index is 9.60. The first kappa shape index (κ1) is 20.4. The van der Waals surface area contributed by atoms with Crippen molar-refractivity contribution in [2.75, 3.05) is 27.4 Å². The number of ether oxygens (including phenoxy) is 4. The number of benzene rings is 2. The quantitative estimate of drug-likeness (QED) is 0.598. The Hall–Kier alpha value is -2.89. The van der Waals surface area contributed by atoms with E-state index in [2.05, 4.69) is 23.7 Å². The average Bonchev–Trinajstić information content (AvgIpc) is 3.20. The van der Waals surface area contributed by atoms with Crippen molar-refractivity contribution in [1.29, 1.82) is 5.26 Å². The van der Waals surface area contributed by atoms with Crippen LogP contribution in [0.2, 0.25) is 0 Å². The van der Waals surface area contributed by atoms with Crippen LogP contribution in [-0.2, 0) is 4.74 Å². The lowest BCUT2D eigenvalue weighted by atomic mass is 10.1. The molecular formula is C22H23N3O4S. The molecule has 0 spiro atoms. The molecule has 156 valence electrons. The van der Waals surface area contributed by atoms with Crippen molar-refractivity contribution >= 4 is 23.7 Å². The highest BCUT2D eigenvalue weighted by atomic mass is 32.1. The van der Waals surface area contributed by atoms with Gasteiger partial charge in [-0.15, -0.1) is 12.6 Å². The molecule has 1 unspecified atom stereocenters. The van der Waals surface area contributed by atoms with Crippen molar-refractivity contribution in [3.05, 3.63) is 36.2 Å². The number of fused-ring (bicyclic) bond motifs is 1. The van der Waals surface area contributed by atoms with E-state index >= 15 is 0 Å². The largest absolute Gasteiger partial charge is 0.493 e. The fourth-order valence-electron chi connectivity index (χ4n) is 3.59. The zero-order chi connectivity index (χ0) is 21.1. The third-order valence-electron chi connectivity index (χ3n) is 5.21. The van der Waals surface area contributed by atoms with Crippen molar-refractivity contribution in [2.24, 2.45) is 0 Å². The predicted octanol–water partition coefficient (Wildman–Crippen LogP) is 4.15. The van der Waals surface area contributed by atoms with Gasteiger partial charge in [0.2, 0.25) is 0 Å². The van der Waals surface area contributed by atoms with Crippen LogP contribution in [0.3, 0.4) is 0 Å². The monoisotopic (exact) mass is 425 g/mol. The number of methoxy groups -OCH3 is 2. The molecule has 1 fully saturated rings. The van der Waals surface area contributed by atoms with Gasteiger partial charge >= 0.3 is 0 Å². The van der Waals surface area contributed by atoms with Crippen molar-refractivity contribution < 1.29 is 18.9 Å². The maximum atomic E-state index is 9.60. The summed E-state index contributed by atoms with van der Waals surface area (Å²) in [5.41, 5.74) is 2.75. The van der Waals surface area contributed by atoms with Gasteiger partial charge in [0, 0.05) is 24.8 Å². The molecule has 0 amide bonds. The molecule has 8 heteroatoms. The number of aromatic nitrogens is 2. The Morgan fingerprint density at radius 1 is 1.17 bits per heavy atom. The Morgan fingerprint density at radius 2 is 1.97 bits per heavy atom. The highest BCUT2D eigenvalue weighted by Gasteiger charge is 2.18. The second-order valence-electron chi connectivity index (χ2n) is 7.06. The van der Waals surface area contributed by atoms with Crippen LogP contribution in [0.1, 0.15) is 24.8 Å². The van der Waals surface area contributed by atoms with Gasteiger partial charge in [0.1, 0.15) is 24.8 Å². The lowest BCUT2D eigenvalue weighted by Gasteiger charge is -2.23. The summed E-state index contributed by atoms with van der Waals surface area (Å²) in [5, 5.41) is 9.60. The van der Waals surface area contributed by atoms with Crippen LogP contribution >= 0.6 is 12.6 Å². The van der Waals surface area contributed by atoms with Gasteiger partial charge < -0.3 is 18.9 Å². The van der Waals surface area contributed by atoms with Crippen molar-refractivity contribution in [1.82, 2.24) is 9.55 Å². The molecule has 0 aliphatic carbocycles. The summed E-state index contributed by atoms with van der Waals surface area (Å²) in [5.74, 6) is 1.75. The molecule has 1 aromatic heterocycles. The zero-order valence-corrected chi connectivity index (χ0v) is 17.8. The summed E-state index contributed by atoms with van der Waals surface area (Å²) >= 11 is 4.52. The Labute approximate surface area is 180 Å². The van der Waals surface area contributed by atoms with E-state index in [0.29, 0.717) is 34.3 Å². The molecule has 1 atom stereocenters. The minimum absolute atomic E-state index is 0.0616. The first-order chi connectivity index (χ1) is 14.6. The van der Waals surface area contributed by atoms with Gasteiger partial charge in [-0.3, -0.25) is 4.57 Å². The third kappa shape index (κ3) is 3.91.